The highest BCUT2D eigenvalue weighted by Crippen LogP contribution is 2.22. The lowest BCUT2D eigenvalue weighted by Crippen LogP contribution is -2.91. The second-order valence-electron chi connectivity index (χ2n) is 3.75. The third-order valence-electron chi connectivity index (χ3n) is 2.70. The highest BCUT2D eigenvalue weighted by atomic mass is 16.6. The number of hydrogen-bond donors (Lipinski definition) is 1. The summed E-state index contributed by atoms with van der Waals surface area (Å²) in [5.74, 6) is 0. The Morgan fingerprint density at radius 1 is 1.47 bits per heavy atom. The van der Waals surface area contributed by atoms with Crippen molar-refractivity contribution in [2.45, 2.75) is 12.6 Å². The van der Waals surface area contributed by atoms with Crippen LogP contribution in [0.4, 0.5) is 5.69 Å². The number of nitro benzene ring substituents is 1. The average molecular weight is 209 g/mol. The van der Waals surface area contributed by atoms with Crippen molar-refractivity contribution in [3.05, 3.63) is 39.9 Å². The van der Waals surface area contributed by atoms with Gasteiger partial charge in [0.25, 0.3) is 5.69 Å². The lowest BCUT2D eigenvalue weighted by Gasteiger charge is -2.19. The van der Waals surface area contributed by atoms with Gasteiger partial charge >= 0.3 is 0 Å². The van der Waals surface area contributed by atoms with Crippen molar-refractivity contribution >= 4 is 5.69 Å². The maximum atomic E-state index is 10.5. The van der Waals surface area contributed by atoms with Gasteiger partial charge in [-0.05, 0) is 12.1 Å². The van der Waals surface area contributed by atoms with E-state index in [9.17, 15) is 10.1 Å². The van der Waals surface area contributed by atoms with Gasteiger partial charge in [0.2, 0.25) is 5.72 Å². The summed E-state index contributed by atoms with van der Waals surface area (Å²) in [4.78, 5) is 10.1. The first kappa shape index (κ1) is 10.1. The lowest BCUT2D eigenvalue weighted by molar-refractivity contribution is -0.740. The number of nitro groups is 1. The van der Waals surface area contributed by atoms with Gasteiger partial charge in [-0.25, -0.2) is 0 Å². The molecule has 1 aromatic rings. The molecule has 1 fully saturated rings. The van der Waals surface area contributed by atoms with Gasteiger partial charge in [0.15, 0.2) is 0 Å². The van der Waals surface area contributed by atoms with Crippen LogP contribution in [0, 0.1) is 10.1 Å². The van der Waals surface area contributed by atoms with Crippen molar-refractivity contribution in [3.63, 3.8) is 0 Å². The van der Waals surface area contributed by atoms with Crippen LogP contribution in [0.2, 0.25) is 0 Å². The summed E-state index contributed by atoms with van der Waals surface area (Å²) in [7, 11) is 0. The summed E-state index contributed by atoms with van der Waals surface area (Å²) >= 11 is 0. The molecule has 5 nitrogen and oxygen atoms in total. The molecule has 1 aliphatic heterocycles. The van der Waals surface area contributed by atoms with E-state index in [1.807, 2.05) is 6.92 Å². The number of non-ortho nitro benzene ring substituents is 1. The van der Waals surface area contributed by atoms with Crippen LogP contribution in [0.15, 0.2) is 24.3 Å². The highest BCUT2D eigenvalue weighted by Gasteiger charge is 2.35. The van der Waals surface area contributed by atoms with Gasteiger partial charge < -0.3 is 10.1 Å². The molecule has 0 aliphatic carbocycles. The maximum Gasteiger partial charge on any atom is 0.269 e. The van der Waals surface area contributed by atoms with Crippen molar-refractivity contribution in [2.24, 2.45) is 0 Å². The summed E-state index contributed by atoms with van der Waals surface area (Å²) in [6.07, 6.45) is 0. The quantitative estimate of drug-likeness (QED) is 0.565. The SMILES string of the molecule is C[C@]1(c2ccc([N+](=O)[O-])cc2)[NH2+]CCO1. The van der Waals surface area contributed by atoms with Crippen LogP contribution in [0.5, 0.6) is 0 Å². The van der Waals surface area contributed by atoms with E-state index in [0.29, 0.717) is 6.61 Å². The zero-order valence-corrected chi connectivity index (χ0v) is 8.47. The van der Waals surface area contributed by atoms with Gasteiger partial charge in [0.1, 0.15) is 13.2 Å². The van der Waals surface area contributed by atoms with E-state index in [2.05, 4.69) is 5.32 Å². The number of nitrogens with zero attached hydrogens (tertiary/aromatic N) is 1. The normalized spacial score (nSPS) is 25.4. The minimum Gasteiger partial charge on any atom is -0.317 e. The van der Waals surface area contributed by atoms with Gasteiger partial charge in [0.05, 0.1) is 4.92 Å². The van der Waals surface area contributed by atoms with Crippen LogP contribution in [-0.4, -0.2) is 18.1 Å². The zero-order valence-electron chi connectivity index (χ0n) is 8.47. The molecule has 0 saturated carbocycles. The number of quaternary nitrogens is 1. The molecule has 15 heavy (non-hydrogen) atoms. The summed E-state index contributed by atoms with van der Waals surface area (Å²) in [6, 6.07) is 6.52. The molecular formula is C10H13N2O3+. The zero-order chi connectivity index (χ0) is 10.9. The first-order valence-corrected chi connectivity index (χ1v) is 4.85. The van der Waals surface area contributed by atoms with Crippen molar-refractivity contribution in [1.29, 1.82) is 0 Å². The van der Waals surface area contributed by atoms with Gasteiger partial charge in [0, 0.05) is 24.6 Å². The standard InChI is InChI=1S/C10H12N2O3/c1-10(11-6-7-15-10)8-2-4-9(5-3-8)12(13)14/h2-5,11H,6-7H2,1H3/p+1/t10-/m0/s1. The van der Waals surface area contributed by atoms with Crippen molar-refractivity contribution in [3.8, 4) is 0 Å². The summed E-state index contributed by atoms with van der Waals surface area (Å²) in [6.45, 7) is 3.61. The van der Waals surface area contributed by atoms with Crippen LogP contribution < -0.4 is 5.32 Å². The summed E-state index contributed by atoms with van der Waals surface area (Å²) < 4.78 is 5.60. The molecule has 5 heteroatoms. The molecule has 2 rings (SSSR count). The van der Waals surface area contributed by atoms with Crippen molar-refractivity contribution in [1.82, 2.24) is 0 Å². The second-order valence-corrected chi connectivity index (χ2v) is 3.75. The molecule has 0 aromatic heterocycles. The molecule has 1 aliphatic rings. The molecule has 80 valence electrons. The number of nitrogens with two attached hydrogens (primary N) is 1. The minimum atomic E-state index is -0.397. The second kappa shape index (κ2) is 3.60. The molecule has 0 bridgehead atoms. The predicted molar refractivity (Wildman–Crippen MR) is 53.2 cm³/mol. The molecular weight excluding hydrogens is 196 g/mol. The van der Waals surface area contributed by atoms with Crippen LogP contribution in [0.1, 0.15) is 12.5 Å². The van der Waals surface area contributed by atoms with E-state index < -0.39 is 4.92 Å². The Morgan fingerprint density at radius 3 is 2.60 bits per heavy atom. The topological polar surface area (TPSA) is 69.0 Å². The molecule has 1 heterocycles. The average Bonchev–Trinajstić information content (AvgIpc) is 2.67. The van der Waals surface area contributed by atoms with E-state index in [1.54, 1.807) is 12.1 Å². The van der Waals surface area contributed by atoms with Crippen LogP contribution in [-0.2, 0) is 10.5 Å². The van der Waals surface area contributed by atoms with Crippen LogP contribution in [0.3, 0.4) is 0 Å². The molecule has 0 unspecified atom stereocenters. The highest BCUT2D eigenvalue weighted by molar-refractivity contribution is 5.34. The Balaban J connectivity index is 2.26. The van der Waals surface area contributed by atoms with Gasteiger partial charge in [-0.2, -0.15) is 0 Å². The number of hydrogen-bond acceptors (Lipinski definition) is 3. The van der Waals surface area contributed by atoms with Gasteiger partial charge in [-0.3, -0.25) is 10.1 Å². The monoisotopic (exact) mass is 209 g/mol. The molecule has 0 amide bonds. The summed E-state index contributed by atoms with van der Waals surface area (Å²) in [5, 5.41) is 12.6. The summed E-state index contributed by atoms with van der Waals surface area (Å²) in [5.41, 5.74) is 0.695. The number of rotatable bonds is 2. The first-order valence-electron chi connectivity index (χ1n) is 4.85. The van der Waals surface area contributed by atoms with E-state index in [1.165, 1.54) is 12.1 Å². The molecule has 0 radical (unpaired) electrons. The molecule has 1 aromatic carbocycles. The Bertz CT molecular complexity index is 369. The van der Waals surface area contributed by atoms with Crippen LogP contribution >= 0.6 is 0 Å². The third kappa shape index (κ3) is 1.84. The first-order chi connectivity index (χ1) is 7.12. The molecule has 2 N–H and O–H groups in total. The van der Waals surface area contributed by atoms with Crippen LogP contribution in [0.25, 0.3) is 0 Å². The van der Waals surface area contributed by atoms with Crippen molar-refractivity contribution < 1.29 is 15.0 Å². The molecule has 1 atom stereocenters. The number of benzene rings is 1. The van der Waals surface area contributed by atoms with E-state index in [-0.39, 0.29) is 11.4 Å². The number of ether oxygens (including phenoxy) is 1. The molecule has 1 saturated heterocycles. The fourth-order valence-electron chi connectivity index (χ4n) is 1.78. The smallest absolute Gasteiger partial charge is 0.269 e. The molecule has 0 spiro atoms. The Morgan fingerprint density at radius 2 is 2.13 bits per heavy atom. The fourth-order valence-corrected chi connectivity index (χ4v) is 1.78. The van der Waals surface area contributed by atoms with E-state index in [4.69, 9.17) is 4.74 Å². The Labute approximate surface area is 87.2 Å². The largest absolute Gasteiger partial charge is 0.317 e. The van der Waals surface area contributed by atoms with Gasteiger partial charge in [-0.1, -0.05) is 0 Å². The van der Waals surface area contributed by atoms with E-state index in [0.717, 1.165) is 12.1 Å². The fraction of sp³-hybridized carbons (Fsp3) is 0.400. The van der Waals surface area contributed by atoms with E-state index >= 15 is 0 Å². The minimum absolute atomic E-state index is 0.111. The Hall–Kier alpha value is -1.46. The lowest BCUT2D eigenvalue weighted by atomic mass is 10.1. The predicted octanol–water partition coefficient (Wildman–Crippen LogP) is 0.361. The third-order valence-corrected chi connectivity index (χ3v) is 2.70. The Kier molecular flexibility index (Phi) is 2.42. The maximum absolute atomic E-state index is 10.5. The van der Waals surface area contributed by atoms with Crippen molar-refractivity contribution in [2.75, 3.05) is 13.2 Å². The van der Waals surface area contributed by atoms with Gasteiger partial charge in [-0.15, -0.1) is 0 Å².